The third kappa shape index (κ3) is 1.92. The molecule has 0 spiro atoms. The van der Waals surface area contributed by atoms with Crippen LogP contribution in [0.5, 0.6) is 0 Å². The lowest BCUT2D eigenvalue weighted by Gasteiger charge is -2.18. The number of ketones is 1. The summed E-state index contributed by atoms with van der Waals surface area (Å²) in [7, 11) is 0. The summed E-state index contributed by atoms with van der Waals surface area (Å²) in [5, 5.41) is 0. The average molecular weight is 152 g/mol. The summed E-state index contributed by atoms with van der Waals surface area (Å²) in [5.41, 5.74) is 1.36. The van der Waals surface area contributed by atoms with E-state index in [0.29, 0.717) is 5.78 Å². The Labute approximate surface area is 68.5 Å². The molecule has 0 saturated heterocycles. The molecule has 0 bridgehead atoms. The van der Waals surface area contributed by atoms with E-state index in [4.69, 9.17) is 0 Å². The molecule has 0 heterocycles. The number of carbonyl (C=O) groups excluding carboxylic acids is 1. The van der Waals surface area contributed by atoms with Crippen LogP contribution in [-0.4, -0.2) is 5.78 Å². The highest BCUT2D eigenvalue weighted by atomic mass is 16.1. The summed E-state index contributed by atoms with van der Waals surface area (Å²) in [6.45, 7) is 4.19. The molecular formula is C10H16O. The molecule has 0 fully saturated rings. The van der Waals surface area contributed by atoms with E-state index in [9.17, 15) is 4.79 Å². The molecular weight excluding hydrogens is 136 g/mol. The van der Waals surface area contributed by atoms with E-state index in [2.05, 4.69) is 13.0 Å². The van der Waals surface area contributed by atoms with Crippen molar-refractivity contribution in [2.45, 2.75) is 39.5 Å². The molecule has 1 aliphatic carbocycles. The maximum absolute atomic E-state index is 11.2. The zero-order valence-electron chi connectivity index (χ0n) is 7.39. The molecule has 0 aliphatic heterocycles. The maximum Gasteiger partial charge on any atom is 0.140 e. The highest BCUT2D eigenvalue weighted by Crippen LogP contribution is 2.24. The van der Waals surface area contributed by atoms with Crippen LogP contribution in [0.3, 0.4) is 0 Å². The number of Topliss-reactive ketones (excluding diaryl/α,β-unsaturated/α-hetero) is 1. The SMILES string of the molecule is CCCC1=CCCC(=O)C1C. The van der Waals surface area contributed by atoms with Gasteiger partial charge in [-0.25, -0.2) is 0 Å². The molecule has 0 saturated carbocycles. The Hall–Kier alpha value is -0.590. The Kier molecular flexibility index (Phi) is 2.86. The molecule has 11 heavy (non-hydrogen) atoms. The lowest BCUT2D eigenvalue weighted by atomic mass is 9.86. The predicted molar refractivity (Wildman–Crippen MR) is 46.4 cm³/mol. The van der Waals surface area contributed by atoms with E-state index in [-0.39, 0.29) is 5.92 Å². The largest absolute Gasteiger partial charge is 0.299 e. The van der Waals surface area contributed by atoms with Crippen LogP contribution in [-0.2, 0) is 4.79 Å². The minimum Gasteiger partial charge on any atom is -0.299 e. The van der Waals surface area contributed by atoms with Crippen molar-refractivity contribution in [1.82, 2.24) is 0 Å². The van der Waals surface area contributed by atoms with Gasteiger partial charge in [-0.1, -0.05) is 31.9 Å². The van der Waals surface area contributed by atoms with Gasteiger partial charge in [-0.2, -0.15) is 0 Å². The minimum atomic E-state index is 0.212. The summed E-state index contributed by atoms with van der Waals surface area (Å²) in [6.07, 6.45) is 6.23. The molecule has 0 amide bonds. The maximum atomic E-state index is 11.2. The van der Waals surface area contributed by atoms with Gasteiger partial charge >= 0.3 is 0 Å². The van der Waals surface area contributed by atoms with E-state index in [1.807, 2.05) is 6.92 Å². The van der Waals surface area contributed by atoms with Gasteiger partial charge in [-0.15, -0.1) is 0 Å². The van der Waals surface area contributed by atoms with Gasteiger partial charge in [0.15, 0.2) is 0 Å². The molecule has 0 N–H and O–H groups in total. The molecule has 62 valence electrons. The van der Waals surface area contributed by atoms with E-state index < -0.39 is 0 Å². The van der Waals surface area contributed by atoms with E-state index in [0.717, 1.165) is 25.7 Å². The highest BCUT2D eigenvalue weighted by Gasteiger charge is 2.19. The van der Waals surface area contributed by atoms with Gasteiger partial charge in [-0.3, -0.25) is 4.79 Å². The summed E-state index contributed by atoms with van der Waals surface area (Å²) >= 11 is 0. The van der Waals surface area contributed by atoms with Crippen molar-refractivity contribution in [2.75, 3.05) is 0 Å². The van der Waals surface area contributed by atoms with Crippen molar-refractivity contribution >= 4 is 5.78 Å². The van der Waals surface area contributed by atoms with Crippen molar-refractivity contribution in [3.05, 3.63) is 11.6 Å². The van der Waals surface area contributed by atoms with Gasteiger partial charge in [0.2, 0.25) is 0 Å². The zero-order valence-corrected chi connectivity index (χ0v) is 7.39. The van der Waals surface area contributed by atoms with Gasteiger partial charge in [0, 0.05) is 12.3 Å². The van der Waals surface area contributed by atoms with E-state index in [1.165, 1.54) is 5.57 Å². The monoisotopic (exact) mass is 152 g/mol. The van der Waals surface area contributed by atoms with Crippen LogP contribution in [0.25, 0.3) is 0 Å². The Balaban J connectivity index is 2.62. The Morgan fingerprint density at radius 2 is 2.36 bits per heavy atom. The molecule has 1 unspecified atom stereocenters. The fourth-order valence-electron chi connectivity index (χ4n) is 1.61. The number of hydrogen-bond donors (Lipinski definition) is 0. The first-order chi connectivity index (χ1) is 5.25. The summed E-state index contributed by atoms with van der Waals surface area (Å²) in [6, 6.07) is 0. The minimum absolute atomic E-state index is 0.212. The first-order valence-corrected chi connectivity index (χ1v) is 4.47. The quantitative estimate of drug-likeness (QED) is 0.556. The summed E-state index contributed by atoms with van der Waals surface area (Å²) in [5.74, 6) is 0.639. The molecule has 1 heteroatoms. The molecule has 0 radical (unpaired) electrons. The average Bonchev–Trinajstić information content (AvgIpc) is 1.99. The molecule has 1 aliphatic rings. The molecule has 0 aromatic carbocycles. The summed E-state index contributed by atoms with van der Waals surface area (Å²) < 4.78 is 0. The van der Waals surface area contributed by atoms with Crippen LogP contribution in [0, 0.1) is 5.92 Å². The standard InChI is InChI=1S/C10H16O/c1-3-5-9-6-4-7-10(11)8(9)2/h6,8H,3-5,7H2,1-2H3. The third-order valence-corrected chi connectivity index (χ3v) is 2.38. The highest BCUT2D eigenvalue weighted by molar-refractivity contribution is 5.84. The van der Waals surface area contributed by atoms with Gasteiger partial charge in [0.25, 0.3) is 0 Å². The molecule has 1 nitrogen and oxygen atoms in total. The van der Waals surface area contributed by atoms with Gasteiger partial charge in [0.05, 0.1) is 0 Å². The Morgan fingerprint density at radius 3 is 3.00 bits per heavy atom. The normalized spacial score (nSPS) is 25.1. The Bertz CT molecular complexity index is 179. The topological polar surface area (TPSA) is 17.1 Å². The van der Waals surface area contributed by atoms with Gasteiger partial charge in [-0.05, 0) is 12.8 Å². The van der Waals surface area contributed by atoms with Crippen molar-refractivity contribution < 1.29 is 4.79 Å². The van der Waals surface area contributed by atoms with Crippen LogP contribution in [0.2, 0.25) is 0 Å². The number of rotatable bonds is 2. The van der Waals surface area contributed by atoms with E-state index in [1.54, 1.807) is 0 Å². The summed E-state index contributed by atoms with van der Waals surface area (Å²) in [4.78, 5) is 11.2. The van der Waals surface area contributed by atoms with Crippen LogP contribution in [0.1, 0.15) is 39.5 Å². The zero-order chi connectivity index (χ0) is 8.27. The second kappa shape index (κ2) is 3.70. The van der Waals surface area contributed by atoms with Crippen molar-refractivity contribution in [3.8, 4) is 0 Å². The predicted octanol–water partition coefficient (Wildman–Crippen LogP) is 2.71. The smallest absolute Gasteiger partial charge is 0.140 e. The Morgan fingerprint density at radius 1 is 1.64 bits per heavy atom. The van der Waals surface area contributed by atoms with Crippen LogP contribution < -0.4 is 0 Å². The van der Waals surface area contributed by atoms with E-state index >= 15 is 0 Å². The van der Waals surface area contributed by atoms with Gasteiger partial charge in [0.1, 0.15) is 5.78 Å². The van der Waals surface area contributed by atoms with Crippen LogP contribution >= 0.6 is 0 Å². The van der Waals surface area contributed by atoms with Crippen LogP contribution in [0.15, 0.2) is 11.6 Å². The fraction of sp³-hybridized carbons (Fsp3) is 0.700. The number of carbonyl (C=O) groups is 1. The number of allylic oxidation sites excluding steroid dienone is 2. The lowest BCUT2D eigenvalue weighted by Crippen LogP contribution is -2.16. The van der Waals surface area contributed by atoms with Crippen molar-refractivity contribution in [3.63, 3.8) is 0 Å². The molecule has 1 atom stereocenters. The first kappa shape index (κ1) is 8.51. The molecule has 0 aromatic heterocycles. The van der Waals surface area contributed by atoms with Gasteiger partial charge < -0.3 is 0 Å². The first-order valence-electron chi connectivity index (χ1n) is 4.47. The van der Waals surface area contributed by atoms with Crippen molar-refractivity contribution in [2.24, 2.45) is 5.92 Å². The molecule has 0 aromatic rings. The van der Waals surface area contributed by atoms with Crippen molar-refractivity contribution in [1.29, 1.82) is 0 Å². The fourth-order valence-corrected chi connectivity index (χ4v) is 1.61. The van der Waals surface area contributed by atoms with Crippen LogP contribution in [0.4, 0.5) is 0 Å². The second-order valence-electron chi connectivity index (χ2n) is 3.26. The third-order valence-electron chi connectivity index (χ3n) is 2.38. The number of hydrogen-bond acceptors (Lipinski definition) is 1. The molecule has 1 rings (SSSR count). The second-order valence-corrected chi connectivity index (χ2v) is 3.26. The lowest BCUT2D eigenvalue weighted by molar-refractivity contribution is -0.121.